The number of sulfone groups is 1. The zero-order valence-electron chi connectivity index (χ0n) is 11.3. The number of nitrogens with one attached hydrogen (secondary N) is 1. The number of hydrazine groups is 1. The largest absolute Gasteiger partial charge is 0.271 e. The van der Waals surface area contributed by atoms with Crippen LogP contribution in [0, 0.1) is 12.8 Å². The molecule has 0 aromatic heterocycles. The van der Waals surface area contributed by atoms with Gasteiger partial charge in [-0.25, -0.2) is 8.42 Å². The summed E-state index contributed by atoms with van der Waals surface area (Å²) < 4.78 is 22.9. The number of benzene rings is 1. The van der Waals surface area contributed by atoms with Crippen molar-refractivity contribution in [2.75, 3.05) is 11.5 Å². The maximum absolute atomic E-state index is 11.5. The molecule has 0 aliphatic carbocycles. The molecule has 0 spiro atoms. The highest BCUT2D eigenvalue weighted by molar-refractivity contribution is 7.91. The molecular weight excluding hydrogens is 260 g/mol. The Kier molecular flexibility index (Phi) is 4.60. The van der Waals surface area contributed by atoms with E-state index in [1.54, 1.807) is 0 Å². The van der Waals surface area contributed by atoms with Gasteiger partial charge in [0, 0.05) is 6.04 Å². The summed E-state index contributed by atoms with van der Waals surface area (Å²) in [7, 11) is -2.80. The van der Waals surface area contributed by atoms with Gasteiger partial charge in [-0.3, -0.25) is 11.3 Å². The lowest BCUT2D eigenvalue weighted by atomic mass is 9.94. The van der Waals surface area contributed by atoms with E-state index in [9.17, 15) is 8.42 Å². The highest BCUT2D eigenvalue weighted by atomic mass is 32.2. The maximum atomic E-state index is 11.5. The molecule has 2 rings (SSSR count). The summed E-state index contributed by atoms with van der Waals surface area (Å²) >= 11 is 0. The molecule has 2 unspecified atom stereocenters. The van der Waals surface area contributed by atoms with Crippen LogP contribution in [0.15, 0.2) is 24.3 Å². The predicted octanol–water partition coefficient (Wildman–Crippen LogP) is 1.19. The zero-order chi connectivity index (χ0) is 13.9. The summed E-state index contributed by atoms with van der Waals surface area (Å²) in [6.45, 7) is 2.07. The average Bonchev–Trinajstić information content (AvgIpc) is 2.68. The van der Waals surface area contributed by atoms with Gasteiger partial charge in [-0.05, 0) is 37.7 Å². The Labute approximate surface area is 115 Å². The third-order valence-electron chi connectivity index (χ3n) is 3.74. The summed E-state index contributed by atoms with van der Waals surface area (Å²) in [5.41, 5.74) is 5.30. The fourth-order valence-electron chi connectivity index (χ4n) is 2.79. The van der Waals surface area contributed by atoms with E-state index in [1.807, 2.05) is 6.07 Å². The summed E-state index contributed by atoms with van der Waals surface area (Å²) in [4.78, 5) is 0. The topological polar surface area (TPSA) is 72.2 Å². The second kappa shape index (κ2) is 6.03. The highest BCUT2D eigenvalue weighted by Crippen LogP contribution is 2.24. The fourth-order valence-corrected chi connectivity index (χ4v) is 4.67. The van der Waals surface area contributed by atoms with Crippen LogP contribution in [-0.2, 0) is 16.3 Å². The minimum absolute atomic E-state index is 0.139. The van der Waals surface area contributed by atoms with Crippen molar-refractivity contribution in [3.63, 3.8) is 0 Å². The van der Waals surface area contributed by atoms with Crippen LogP contribution in [0.2, 0.25) is 0 Å². The first kappa shape index (κ1) is 14.5. The minimum Gasteiger partial charge on any atom is -0.271 e. The molecule has 1 aliphatic rings. The Morgan fingerprint density at radius 2 is 2.26 bits per heavy atom. The van der Waals surface area contributed by atoms with Crippen molar-refractivity contribution < 1.29 is 8.42 Å². The quantitative estimate of drug-likeness (QED) is 0.628. The van der Waals surface area contributed by atoms with Crippen molar-refractivity contribution in [1.29, 1.82) is 0 Å². The maximum Gasteiger partial charge on any atom is 0.150 e. The van der Waals surface area contributed by atoms with Crippen molar-refractivity contribution >= 4 is 9.84 Å². The van der Waals surface area contributed by atoms with Crippen LogP contribution in [0.5, 0.6) is 0 Å². The van der Waals surface area contributed by atoms with Crippen LogP contribution >= 0.6 is 0 Å². The number of aryl methyl sites for hydroxylation is 1. The number of hydrogen-bond donors (Lipinski definition) is 2. The lowest BCUT2D eigenvalue weighted by Crippen LogP contribution is -2.38. The molecule has 1 saturated heterocycles. The van der Waals surface area contributed by atoms with Crippen molar-refractivity contribution in [3.05, 3.63) is 35.4 Å². The van der Waals surface area contributed by atoms with E-state index in [2.05, 4.69) is 30.5 Å². The average molecular weight is 282 g/mol. The second-order valence-corrected chi connectivity index (χ2v) is 7.79. The summed E-state index contributed by atoms with van der Waals surface area (Å²) in [6, 6.07) is 8.48. The molecule has 2 atom stereocenters. The highest BCUT2D eigenvalue weighted by Gasteiger charge is 2.29. The third-order valence-corrected chi connectivity index (χ3v) is 5.58. The van der Waals surface area contributed by atoms with Gasteiger partial charge in [-0.1, -0.05) is 29.8 Å². The van der Waals surface area contributed by atoms with E-state index in [4.69, 9.17) is 5.84 Å². The molecule has 4 nitrogen and oxygen atoms in total. The van der Waals surface area contributed by atoms with E-state index < -0.39 is 9.84 Å². The van der Waals surface area contributed by atoms with Crippen molar-refractivity contribution in [1.82, 2.24) is 5.43 Å². The van der Waals surface area contributed by atoms with Crippen LogP contribution in [0.3, 0.4) is 0 Å². The van der Waals surface area contributed by atoms with E-state index in [0.717, 1.165) is 19.3 Å². The number of nitrogens with two attached hydrogens (primary N) is 1. The Morgan fingerprint density at radius 3 is 2.84 bits per heavy atom. The van der Waals surface area contributed by atoms with Gasteiger partial charge >= 0.3 is 0 Å². The molecule has 3 N–H and O–H groups in total. The molecule has 5 heteroatoms. The first-order valence-electron chi connectivity index (χ1n) is 6.70. The first-order valence-corrected chi connectivity index (χ1v) is 8.53. The van der Waals surface area contributed by atoms with Crippen LogP contribution in [0.25, 0.3) is 0 Å². The Balaban J connectivity index is 1.94. The minimum atomic E-state index is -2.80. The van der Waals surface area contributed by atoms with Gasteiger partial charge in [-0.15, -0.1) is 0 Å². The second-order valence-electron chi connectivity index (χ2n) is 5.56. The van der Waals surface area contributed by atoms with Crippen LogP contribution in [0.4, 0.5) is 0 Å². The number of hydrogen-bond acceptors (Lipinski definition) is 4. The standard InChI is InChI=1S/C14H22N2O2S/c1-11-3-2-4-12(7-11)8-14(16-15)9-13-5-6-19(17,18)10-13/h2-4,7,13-14,16H,5-6,8-10,15H2,1H3. The van der Waals surface area contributed by atoms with Gasteiger partial charge in [0.05, 0.1) is 11.5 Å². The third kappa shape index (κ3) is 4.30. The molecule has 1 aromatic carbocycles. The van der Waals surface area contributed by atoms with Crippen LogP contribution in [0.1, 0.15) is 24.0 Å². The Hall–Kier alpha value is -0.910. The zero-order valence-corrected chi connectivity index (χ0v) is 12.1. The van der Waals surface area contributed by atoms with E-state index in [1.165, 1.54) is 11.1 Å². The lowest BCUT2D eigenvalue weighted by molar-refractivity contribution is 0.408. The van der Waals surface area contributed by atoms with Crippen LogP contribution < -0.4 is 11.3 Å². The lowest BCUT2D eigenvalue weighted by Gasteiger charge is -2.19. The predicted molar refractivity (Wildman–Crippen MR) is 77.4 cm³/mol. The summed E-state index contributed by atoms with van der Waals surface area (Å²) in [5, 5.41) is 0. The monoisotopic (exact) mass is 282 g/mol. The van der Waals surface area contributed by atoms with Gasteiger partial charge in [-0.2, -0.15) is 0 Å². The molecule has 0 bridgehead atoms. The van der Waals surface area contributed by atoms with Crippen LogP contribution in [-0.4, -0.2) is 26.0 Å². The Morgan fingerprint density at radius 1 is 1.47 bits per heavy atom. The molecule has 0 amide bonds. The molecule has 1 heterocycles. The van der Waals surface area contributed by atoms with E-state index in [-0.39, 0.29) is 12.0 Å². The van der Waals surface area contributed by atoms with Crippen molar-refractivity contribution in [2.45, 2.75) is 32.2 Å². The normalized spacial score (nSPS) is 23.4. The van der Waals surface area contributed by atoms with Crippen molar-refractivity contribution in [3.8, 4) is 0 Å². The SMILES string of the molecule is Cc1cccc(CC(CC2CCS(=O)(=O)C2)NN)c1. The summed E-state index contributed by atoms with van der Waals surface area (Å²) in [6.07, 6.45) is 2.44. The molecule has 1 fully saturated rings. The summed E-state index contributed by atoms with van der Waals surface area (Å²) in [5.74, 6) is 6.50. The van der Waals surface area contributed by atoms with E-state index >= 15 is 0 Å². The molecule has 0 radical (unpaired) electrons. The fraction of sp³-hybridized carbons (Fsp3) is 0.571. The molecule has 1 aromatic rings. The van der Waals surface area contributed by atoms with Gasteiger partial charge in [0.2, 0.25) is 0 Å². The first-order chi connectivity index (χ1) is 8.98. The smallest absolute Gasteiger partial charge is 0.150 e. The molecule has 19 heavy (non-hydrogen) atoms. The van der Waals surface area contributed by atoms with Crippen molar-refractivity contribution in [2.24, 2.45) is 11.8 Å². The van der Waals surface area contributed by atoms with Gasteiger partial charge < -0.3 is 0 Å². The molecular formula is C14H22N2O2S. The molecule has 0 saturated carbocycles. The molecule has 1 aliphatic heterocycles. The van der Waals surface area contributed by atoms with E-state index in [0.29, 0.717) is 11.5 Å². The van der Waals surface area contributed by atoms with Gasteiger partial charge in [0.1, 0.15) is 0 Å². The van der Waals surface area contributed by atoms with Gasteiger partial charge in [0.15, 0.2) is 9.84 Å². The Bertz CT molecular complexity index is 528. The molecule has 106 valence electrons. The van der Waals surface area contributed by atoms with Gasteiger partial charge in [0.25, 0.3) is 0 Å². The number of rotatable bonds is 5.